The van der Waals surface area contributed by atoms with E-state index in [0.717, 1.165) is 43.1 Å². The number of aromatic nitrogens is 4. The normalized spacial score (nSPS) is 18.6. The molecule has 0 unspecified atom stereocenters. The zero-order chi connectivity index (χ0) is 27.0. The van der Waals surface area contributed by atoms with Crippen molar-refractivity contribution in [2.75, 3.05) is 56.3 Å². The van der Waals surface area contributed by atoms with Gasteiger partial charge in [-0.3, -0.25) is 14.2 Å². The van der Waals surface area contributed by atoms with Crippen molar-refractivity contribution in [3.05, 3.63) is 24.5 Å². The van der Waals surface area contributed by atoms with Gasteiger partial charge in [0.25, 0.3) is 0 Å². The van der Waals surface area contributed by atoms with E-state index in [-0.39, 0.29) is 29.4 Å². The van der Waals surface area contributed by atoms with Crippen LogP contribution >= 0.6 is 0 Å². The summed E-state index contributed by atoms with van der Waals surface area (Å²) in [5, 5.41) is 5.31. The zero-order valence-electron chi connectivity index (χ0n) is 22.0. The topological polar surface area (TPSA) is 132 Å². The van der Waals surface area contributed by atoms with Gasteiger partial charge >= 0.3 is 0 Å². The van der Waals surface area contributed by atoms with E-state index < -0.39 is 10.0 Å². The van der Waals surface area contributed by atoms with Crippen molar-refractivity contribution >= 4 is 38.3 Å². The van der Waals surface area contributed by atoms with Gasteiger partial charge in [0.05, 0.1) is 36.3 Å². The van der Waals surface area contributed by atoms with Gasteiger partial charge in [-0.05, 0) is 31.4 Å². The number of carbonyl (C=O) groups excluding carboxylic acids is 1. The van der Waals surface area contributed by atoms with Crippen LogP contribution in [0.2, 0.25) is 0 Å². The first-order chi connectivity index (χ1) is 18.1. The lowest BCUT2D eigenvalue weighted by atomic mass is 9.99. The monoisotopic (exact) mass is 543 g/mol. The Morgan fingerprint density at radius 2 is 1.97 bits per heavy atom. The number of nitrogens with zero attached hydrogens (tertiary/aromatic N) is 6. The summed E-state index contributed by atoms with van der Waals surface area (Å²) in [4.78, 5) is 26.4. The van der Waals surface area contributed by atoms with E-state index in [1.807, 2.05) is 25.1 Å². The number of likely N-dealkylation sites (N-methyl/N-ethyl adjacent to an activating group) is 1. The lowest BCUT2D eigenvalue weighted by molar-refractivity contribution is -0.137. The molecule has 3 aromatic rings. The molecular formula is C25H33N7O5S. The third-order valence-corrected chi connectivity index (χ3v) is 7.88. The minimum Gasteiger partial charge on any atom is -0.480 e. The molecule has 2 aliphatic rings. The van der Waals surface area contributed by atoms with Gasteiger partial charge in [-0.2, -0.15) is 5.10 Å². The van der Waals surface area contributed by atoms with Crippen molar-refractivity contribution in [3.8, 4) is 17.1 Å². The molecular weight excluding hydrogens is 510 g/mol. The van der Waals surface area contributed by atoms with Crippen LogP contribution in [-0.2, 0) is 26.6 Å². The molecule has 2 aliphatic heterocycles. The number of hydrogen-bond acceptors (Lipinski definition) is 9. The van der Waals surface area contributed by atoms with Crippen LogP contribution in [0.15, 0.2) is 24.5 Å². The molecule has 204 valence electrons. The molecule has 0 aliphatic carbocycles. The fourth-order valence-electron chi connectivity index (χ4n) is 5.22. The molecule has 2 fully saturated rings. The van der Waals surface area contributed by atoms with Crippen LogP contribution in [0, 0.1) is 5.92 Å². The number of carbonyl (C=O) groups is 1. The first-order valence-corrected chi connectivity index (χ1v) is 14.5. The molecule has 38 heavy (non-hydrogen) atoms. The summed E-state index contributed by atoms with van der Waals surface area (Å²) in [7, 11) is 1.74. The number of likely N-dealkylation sites (tertiary alicyclic amines) is 1. The van der Waals surface area contributed by atoms with E-state index in [0.29, 0.717) is 36.7 Å². The van der Waals surface area contributed by atoms with Crippen molar-refractivity contribution in [2.45, 2.75) is 25.3 Å². The molecule has 0 radical (unpaired) electrons. The maximum atomic E-state index is 13.1. The lowest BCUT2D eigenvalue weighted by Crippen LogP contribution is -2.40. The summed E-state index contributed by atoms with van der Waals surface area (Å²) in [6.07, 6.45) is 6.89. The van der Waals surface area contributed by atoms with Gasteiger partial charge in [-0.15, -0.1) is 0 Å². The predicted octanol–water partition coefficient (Wildman–Crippen LogP) is 1.87. The summed E-state index contributed by atoms with van der Waals surface area (Å²) in [5.41, 5.74) is 3.08. The third-order valence-electron chi connectivity index (χ3n) is 7.29. The van der Waals surface area contributed by atoms with Crippen LogP contribution in [0.1, 0.15) is 19.3 Å². The van der Waals surface area contributed by atoms with E-state index in [9.17, 15) is 13.2 Å². The molecule has 0 aromatic carbocycles. The summed E-state index contributed by atoms with van der Waals surface area (Å²) in [6.45, 7) is 2.67. The van der Waals surface area contributed by atoms with Gasteiger partial charge in [0.2, 0.25) is 21.8 Å². The Hall–Kier alpha value is -3.45. The number of aryl methyl sites for hydroxylation is 1. The quantitative estimate of drug-likeness (QED) is 0.474. The van der Waals surface area contributed by atoms with E-state index in [4.69, 9.17) is 14.5 Å². The molecule has 0 saturated carbocycles. The summed E-state index contributed by atoms with van der Waals surface area (Å²) in [5.74, 6) is 0.433. The summed E-state index contributed by atoms with van der Waals surface area (Å²) in [6, 6.07) is 3.75. The molecule has 1 atom stereocenters. The van der Waals surface area contributed by atoms with Gasteiger partial charge < -0.3 is 19.3 Å². The Balaban J connectivity index is 1.46. The largest absolute Gasteiger partial charge is 0.480 e. The van der Waals surface area contributed by atoms with E-state index in [1.165, 1.54) is 7.11 Å². The van der Waals surface area contributed by atoms with E-state index in [2.05, 4.69) is 19.7 Å². The maximum Gasteiger partial charge on any atom is 0.238 e. The second-order valence-electron chi connectivity index (χ2n) is 9.91. The highest BCUT2D eigenvalue weighted by Crippen LogP contribution is 2.35. The number of methoxy groups -OCH3 is 1. The number of fused-ring (bicyclic) bond motifs is 1. The van der Waals surface area contributed by atoms with E-state index >= 15 is 0 Å². The van der Waals surface area contributed by atoms with Gasteiger partial charge in [0.1, 0.15) is 5.69 Å². The number of pyridine rings is 2. The van der Waals surface area contributed by atoms with Gasteiger partial charge in [-0.1, -0.05) is 0 Å². The maximum absolute atomic E-state index is 13.1. The highest BCUT2D eigenvalue weighted by Gasteiger charge is 2.34. The average molecular weight is 544 g/mol. The molecule has 3 aromatic heterocycles. The highest BCUT2D eigenvalue weighted by atomic mass is 32.2. The van der Waals surface area contributed by atoms with Crippen LogP contribution in [0.4, 0.5) is 11.4 Å². The van der Waals surface area contributed by atoms with Crippen LogP contribution < -0.4 is 14.4 Å². The number of rotatable bonds is 7. The van der Waals surface area contributed by atoms with Crippen molar-refractivity contribution in [1.82, 2.24) is 24.6 Å². The number of hydrogen-bond donors (Lipinski definition) is 1. The van der Waals surface area contributed by atoms with Crippen molar-refractivity contribution in [3.63, 3.8) is 0 Å². The molecule has 5 rings (SSSR count). The fourth-order valence-corrected chi connectivity index (χ4v) is 5.77. The summed E-state index contributed by atoms with van der Waals surface area (Å²) < 4.78 is 38.6. The Labute approximate surface area is 222 Å². The number of amides is 1. The van der Waals surface area contributed by atoms with Crippen molar-refractivity contribution < 1.29 is 22.7 Å². The molecule has 5 heterocycles. The van der Waals surface area contributed by atoms with E-state index in [1.54, 1.807) is 23.1 Å². The second-order valence-corrected chi connectivity index (χ2v) is 11.7. The number of sulfonamides is 1. The first kappa shape index (κ1) is 26.2. The average Bonchev–Trinajstić information content (AvgIpc) is 3.54. The Morgan fingerprint density at radius 1 is 1.21 bits per heavy atom. The lowest BCUT2D eigenvalue weighted by Gasteiger charge is -2.29. The Kier molecular flexibility index (Phi) is 7.14. The van der Waals surface area contributed by atoms with Crippen LogP contribution in [0.5, 0.6) is 5.88 Å². The fraction of sp³-hybridized carbons (Fsp3) is 0.520. The minimum absolute atomic E-state index is 0.0441. The molecule has 0 bridgehead atoms. The number of ether oxygens (including phenoxy) is 2. The van der Waals surface area contributed by atoms with Crippen molar-refractivity contribution in [1.29, 1.82) is 0 Å². The molecule has 1 N–H and O–H groups in total. The Bertz CT molecular complexity index is 1450. The number of nitrogens with one attached hydrogen (secondary N) is 1. The van der Waals surface area contributed by atoms with Gasteiger partial charge in [-0.25, -0.2) is 18.4 Å². The molecule has 1 amide bonds. The molecule has 13 heteroatoms. The van der Waals surface area contributed by atoms with Crippen LogP contribution in [0.3, 0.4) is 0 Å². The minimum atomic E-state index is -3.55. The van der Waals surface area contributed by atoms with Gasteiger partial charge in [0.15, 0.2) is 5.65 Å². The molecule has 12 nitrogen and oxygen atoms in total. The predicted molar refractivity (Wildman–Crippen MR) is 144 cm³/mol. The number of anilines is 2. The smallest absolute Gasteiger partial charge is 0.238 e. The summed E-state index contributed by atoms with van der Waals surface area (Å²) >= 11 is 0. The van der Waals surface area contributed by atoms with Crippen LogP contribution in [0.25, 0.3) is 22.3 Å². The highest BCUT2D eigenvalue weighted by molar-refractivity contribution is 7.92. The Morgan fingerprint density at radius 3 is 2.68 bits per heavy atom. The van der Waals surface area contributed by atoms with Crippen LogP contribution in [-0.4, -0.2) is 91.7 Å². The SMILES string of the molecule is COc1ncc(-c2cc(N(C)[C@@H]3CCN(C(=O)C4CCOCC4)C3)c3cnn(C)c3n2)cc1NS(C)(=O)=O. The molecule has 0 spiro atoms. The standard InChI is InChI=1S/C25H33N7O5S/c1-30(18-5-8-32(15-18)25(33)16-6-9-37-10-7-16)22-12-20(28-23-19(22)14-27-31(23)2)17-11-21(29-38(4,34)35)24(36-3)26-13-17/h11-14,16,18,29H,5-10,15H2,1-4H3/t18-/m1/s1. The molecule has 2 saturated heterocycles. The third kappa shape index (κ3) is 5.25. The second kappa shape index (κ2) is 10.4. The van der Waals surface area contributed by atoms with Crippen molar-refractivity contribution in [2.24, 2.45) is 13.0 Å². The zero-order valence-corrected chi connectivity index (χ0v) is 22.9. The van der Waals surface area contributed by atoms with Gasteiger partial charge in [0, 0.05) is 64.1 Å². The first-order valence-electron chi connectivity index (χ1n) is 12.6.